The number of benzene rings is 5. The number of rotatable bonds is 12. The molecular weight excluding hydrogens is 1180 g/mol. The molecule has 3 amide bonds. The van der Waals surface area contributed by atoms with Crippen LogP contribution in [-0.4, -0.2) is 77.3 Å². The lowest BCUT2D eigenvalue weighted by Crippen LogP contribution is -2.67. The summed E-state index contributed by atoms with van der Waals surface area (Å²) in [6, 6.07) is 29.7. The number of carbonyl (C=O) groups is 4. The SMILES string of the molecule is CC(C)=O.C[C@@H](OC[C@@]1(c2ccccc2)CC[C@@]2(CN1)NC(C)(C)NC2=O)c1cc(C(F)(F)F)cc(C(F)(F)F)c1.C[C@@H](OC[C@@]1(c2ccccc2)CC[C@@]2(CN1C(=O)OCc1ccccc1)NC(C)(C)NC2=O)c1cc(C(F)(F)F)cc(C(F)(F)F)c1. The first-order chi connectivity index (χ1) is 40.7. The van der Waals surface area contributed by atoms with Crippen LogP contribution in [0.15, 0.2) is 127 Å². The predicted molar refractivity (Wildman–Crippen MR) is 300 cm³/mol. The molecule has 0 aromatic heterocycles. The van der Waals surface area contributed by atoms with E-state index in [4.69, 9.17) is 14.2 Å². The number of ketones is 1. The highest BCUT2D eigenvalue weighted by Gasteiger charge is 2.60. The number of likely N-dealkylation sites (tertiary alicyclic amines) is 1. The lowest BCUT2D eigenvalue weighted by atomic mass is 9.74. The van der Waals surface area contributed by atoms with Crippen LogP contribution in [0, 0.1) is 0 Å². The van der Waals surface area contributed by atoms with E-state index in [2.05, 4.69) is 26.6 Å². The van der Waals surface area contributed by atoms with E-state index < -0.39 is 98.7 Å². The Morgan fingerprint density at radius 2 is 0.920 bits per heavy atom. The highest BCUT2D eigenvalue weighted by molar-refractivity contribution is 5.91. The highest BCUT2D eigenvalue weighted by Crippen LogP contribution is 2.46. The first kappa shape index (κ1) is 68.4. The zero-order valence-corrected chi connectivity index (χ0v) is 49.5. The molecule has 0 saturated carbocycles. The number of piperidine rings is 2. The van der Waals surface area contributed by atoms with Gasteiger partial charge in [-0.25, -0.2) is 4.79 Å². The summed E-state index contributed by atoms with van der Waals surface area (Å²) in [7, 11) is 0. The number of hydrogen-bond acceptors (Lipinski definition) is 10. The molecule has 88 heavy (non-hydrogen) atoms. The van der Waals surface area contributed by atoms with E-state index in [0.717, 1.165) is 5.56 Å². The molecule has 13 nitrogen and oxygen atoms in total. The zero-order valence-electron chi connectivity index (χ0n) is 49.5. The fourth-order valence-electron chi connectivity index (χ4n) is 11.4. The Balaban J connectivity index is 0.000000243. The van der Waals surface area contributed by atoms with Gasteiger partial charge in [-0.15, -0.1) is 0 Å². The summed E-state index contributed by atoms with van der Waals surface area (Å²) in [4.78, 5) is 51.0. The Morgan fingerprint density at radius 1 is 0.534 bits per heavy atom. The molecule has 9 rings (SSSR count). The van der Waals surface area contributed by atoms with Crippen LogP contribution in [0.5, 0.6) is 0 Å². The Hall–Kier alpha value is -7.06. The van der Waals surface area contributed by atoms with Gasteiger partial charge < -0.3 is 35.0 Å². The summed E-state index contributed by atoms with van der Waals surface area (Å²) in [6.07, 6.45) is -21.7. The molecule has 5 N–H and O–H groups in total. The number of alkyl halides is 12. The molecule has 478 valence electrons. The third kappa shape index (κ3) is 16.2. The van der Waals surface area contributed by atoms with E-state index in [9.17, 15) is 71.9 Å². The summed E-state index contributed by atoms with van der Waals surface area (Å²) in [5, 5.41) is 15.9. The quantitative estimate of drug-likeness (QED) is 0.0761. The summed E-state index contributed by atoms with van der Waals surface area (Å²) in [5.74, 6) is -0.285. The monoisotopic (exact) mass is 1250 g/mol. The van der Waals surface area contributed by atoms with Crippen LogP contribution >= 0.6 is 0 Å². The Morgan fingerprint density at radius 3 is 1.31 bits per heavy atom. The van der Waals surface area contributed by atoms with Crippen molar-refractivity contribution in [3.63, 3.8) is 0 Å². The molecule has 4 aliphatic rings. The lowest BCUT2D eigenvalue weighted by molar-refractivity contribution is -0.145. The minimum absolute atomic E-state index is 0.0309. The van der Waals surface area contributed by atoms with Crippen molar-refractivity contribution < 1.29 is 86.1 Å². The maximum absolute atomic E-state index is 14.0. The summed E-state index contributed by atoms with van der Waals surface area (Å²) >= 11 is 0. The number of carbonyl (C=O) groups excluding carboxylic acids is 4. The molecule has 0 unspecified atom stereocenters. The molecule has 4 saturated heterocycles. The van der Waals surface area contributed by atoms with Crippen LogP contribution in [0.4, 0.5) is 57.5 Å². The van der Waals surface area contributed by atoms with Gasteiger partial charge in [0.25, 0.3) is 0 Å². The van der Waals surface area contributed by atoms with Gasteiger partial charge in [0, 0.05) is 6.54 Å². The first-order valence-electron chi connectivity index (χ1n) is 28.1. The second-order valence-corrected chi connectivity index (χ2v) is 23.9. The second-order valence-electron chi connectivity index (χ2n) is 23.9. The molecule has 4 fully saturated rings. The average Bonchev–Trinajstić information content (AvgIpc) is 1.40. The summed E-state index contributed by atoms with van der Waals surface area (Å²) < 4.78 is 180. The van der Waals surface area contributed by atoms with Gasteiger partial charge in [0.15, 0.2) is 0 Å². The molecule has 0 bridgehead atoms. The molecule has 2 spiro atoms. The topological polar surface area (TPSA) is 159 Å². The number of nitrogens with zero attached hydrogens (tertiary/aromatic N) is 1. The number of Topliss-reactive ketones (excluding diaryl/α,β-unsaturated/α-hetero) is 1. The molecule has 0 radical (unpaired) electrons. The normalized spacial score (nSPS) is 24.1. The van der Waals surface area contributed by atoms with Gasteiger partial charge in [0.2, 0.25) is 11.8 Å². The van der Waals surface area contributed by atoms with Crippen LogP contribution in [0.3, 0.4) is 0 Å². The fourth-order valence-corrected chi connectivity index (χ4v) is 11.4. The van der Waals surface area contributed by atoms with Crippen LogP contribution in [-0.2, 0) is 71.0 Å². The predicted octanol–water partition coefficient (Wildman–Crippen LogP) is 13.2. The maximum Gasteiger partial charge on any atom is 0.416 e. The number of ether oxygens (including phenoxy) is 3. The fraction of sp³-hybridized carbons (Fsp3) is 0.460. The van der Waals surface area contributed by atoms with Crippen molar-refractivity contribution >= 4 is 23.7 Å². The van der Waals surface area contributed by atoms with Crippen molar-refractivity contribution in [3.8, 4) is 0 Å². The van der Waals surface area contributed by atoms with Gasteiger partial charge in [-0.05, 0) is 145 Å². The Kier molecular flexibility index (Phi) is 20.1. The minimum Gasteiger partial charge on any atom is -0.445 e. The highest BCUT2D eigenvalue weighted by atomic mass is 19.4. The second kappa shape index (κ2) is 25.8. The molecule has 4 aliphatic heterocycles. The van der Waals surface area contributed by atoms with Gasteiger partial charge in [0.05, 0.1) is 76.6 Å². The summed E-state index contributed by atoms with van der Waals surface area (Å²) in [5.41, 5.74) is -9.60. The van der Waals surface area contributed by atoms with Crippen LogP contribution in [0.1, 0.15) is 143 Å². The van der Waals surface area contributed by atoms with E-state index in [0.29, 0.717) is 48.2 Å². The Labute approximate surface area is 501 Å². The van der Waals surface area contributed by atoms with Crippen LogP contribution in [0.25, 0.3) is 0 Å². The van der Waals surface area contributed by atoms with E-state index in [1.165, 1.54) is 32.6 Å². The van der Waals surface area contributed by atoms with E-state index >= 15 is 0 Å². The molecule has 25 heteroatoms. The lowest BCUT2D eigenvalue weighted by Gasteiger charge is -2.52. The van der Waals surface area contributed by atoms with E-state index in [1.807, 2.05) is 50.2 Å². The summed E-state index contributed by atoms with van der Waals surface area (Å²) in [6.45, 7) is 12.8. The van der Waals surface area contributed by atoms with E-state index in [-0.39, 0.29) is 86.6 Å². The Bertz CT molecular complexity index is 3200. The van der Waals surface area contributed by atoms with Crippen molar-refractivity contribution in [1.29, 1.82) is 0 Å². The number of hydrogen-bond donors (Lipinski definition) is 5. The van der Waals surface area contributed by atoms with Gasteiger partial charge in [0.1, 0.15) is 23.5 Å². The van der Waals surface area contributed by atoms with Crippen molar-refractivity contribution in [1.82, 2.24) is 31.5 Å². The van der Waals surface area contributed by atoms with Crippen molar-refractivity contribution in [2.24, 2.45) is 0 Å². The third-order valence-corrected chi connectivity index (χ3v) is 15.8. The van der Waals surface area contributed by atoms with Gasteiger partial charge in [-0.1, -0.05) is 91.0 Å². The third-order valence-electron chi connectivity index (χ3n) is 15.8. The molecule has 4 heterocycles. The van der Waals surface area contributed by atoms with Gasteiger partial charge in [-0.3, -0.25) is 25.1 Å². The number of halogens is 12. The average molecular weight is 1250 g/mol. The zero-order chi connectivity index (χ0) is 65.1. The van der Waals surface area contributed by atoms with Crippen molar-refractivity contribution in [2.75, 3.05) is 26.3 Å². The first-order valence-corrected chi connectivity index (χ1v) is 28.1. The smallest absolute Gasteiger partial charge is 0.416 e. The van der Waals surface area contributed by atoms with Crippen LogP contribution in [0.2, 0.25) is 0 Å². The van der Waals surface area contributed by atoms with Gasteiger partial charge >= 0.3 is 30.8 Å². The van der Waals surface area contributed by atoms with Gasteiger partial charge in [-0.2, -0.15) is 52.7 Å². The minimum atomic E-state index is -5.03. The number of nitrogens with one attached hydrogen (secondary N) is 5. The molecule has 5 aromatic rings. The maximum atomic E-state index is 14.0. The largest absolute Gasteiger partial charge is 0.445 e. The van der Waals surface area contributed by atoms with Crippen molar-refractivity contribution in [2.45, 2.75) is 158 Å². The van der Waals surface area contributed by atoms with E-state index in [1.54, 1.807) is 68.4 Å². The van der Waals surface area contributed by atoms with Crippen molar-refractivity contribution in [3.05, 3.63) is 177 Å². The van der Waals surface area contributed by atoms with Crippen LogP contribution < -0.4 is 26.6 Å². The molecule has 0 aliphatic carbocycles. The number of amides is 3. The molecule has 6 atom stereocenters. The molecular formula is C63H70F12N6O7. The standard InChI is InChI=1S/C34H35F6N3O4.C26H29F6N3O2.C3H6O/c1-22(24-16-26(33(35,36)37)18-27(17-24)34(38,39)40)47-21-32(25-12-8-5-9-13-25)15-14-31(28(44)41-30(2,3)42-31)20-43(32)29(45)46-19-23-10-6-4-7-11-23;1-16(17-11-19(25(27,28)29)13-20(12-17)26(30,31)32)37-15-24(18-7-5-4-6-8-18)10-9-23(14-33-24)21(36)34-22(2,3)35-23;1-3(2)4/h4-13,16-18,22,42H,14-15,19-21H2,1-3H3,(H,41,44);4-8,11-13,16,33,35H,9-10,14-15H2,1-3H3,(H,34,36);1-2H3/t22-,31+,32-;16-,23+,24-;/m11./s1. The molecule has 5 aromatic carbocycles.